The van der Waals surface area contributed by atoms with Gasteiger partial charge in [0, 0.05) is 16.7 Å². The van der Waals surface area contributed by atoms with Gasteiger partial charge >= 0.3 is 0 Å². The zero-order chi connectivity index (χ0) is 19.2. The largest absolute Gasteiger partial charge is 0.469 e. The van der Waals surface area contributed by atoms with E-state index in [0.29, 0.717) is 0 Å². The van der Waals surface area contributed by atoms with Crippen molar-refractivity contribution in [2.45, 2.75) is 12.3 Å². The highest BCUT2D eigenvalue weighted by Gasteiger charge is 2.40. The molecule has 2 atom stereocenters. The zero-order valence-electron chi connectivity index (χ0n) is 15.8. The van der Waals surface area contributed by atoms with Crippen molar-refractivity contribution in [1.82, 2.24) is 10.4 Å². The van der Waals surface area contributed by atoms with Crippen molar-refractivity contribution in [3.8, 4) is 5.75 Å². The van der Waals surface area contributed by atoms with E-state index in [1.165, 1.54) is 21.9 Å². The van der Waals surface area contributed by atoms with Gasteiger partial charge in [0.15, 0.2) is 6.23 Å². The third kappa shape index (κ3) is 2.63. The molecule has 140 valence electrons. The highest BCUT2D eigenvalue weighted by molar-refractivity contribution is 5.93. The zero-order valence-corrected chi connectivity index (χ0v) is 15.8. The van der Waals surface area contributed by atoms with Gasteiger partial charge < -0.3 is 10.2 Å². The summed E-state index contributed by atoms with van der Waals surface area (Å²) in [5.41, 5.74) is 8.30. The average Bonchev–Trinajstić information content (AvgIpc) is 3.24. The summed E-state index contributed by atoms with van der Waals surface area (Å²) in [4.78, 5) is 0. The topological polar surface area (TPSA) is 24.5 Å². The number of benzene rings is 4. The maximum Gasteiger partial charge on any atom is 0.195 e. The van der Waals surface area contributed by atoms with E-state index in [4.69, 9.17) is 4.74 Å². The Morgan fingerprint density at radius 2 is 1.48 bits per heavy atom. The lowest BCUT2D eigenvalue weighted by Crippen LogP contribution is -2.43. The van der Waals surface area contributed by atoms with Crippen LogP contribution in [0.25, 0.3) is 16.5 Å². The molecule has 0 aromatic heterocycles. The predicted octanol–water partition coefficient (Wildman–Crippen LogP) is 5.83. The maximum absolute atomic E-state index is 6.43. The summed E-state index contributed by atoms with van der Waals surface area (Å²) < 4.78 is 6.43. The van der Waals surface area contributed by atoms with Crippen LogP contribution in [0.5, 0.6) is 5.75 Å². The average molecular weight is 376 g/mol. The second-order valence-electron chi connectivity index (χ2n) is 7.49. The molecule has 0 bridgehead atoms. The summed E-state index contributed by atoms with van der Waals surface area (Å²) in [5, 5.41) is 4.71. The molecule has 4 aromatic carbocycles. The fourth-order valence-corrected chi connectivity index (χ4v) is 4.39. The fraction of sp³-hybridized carbons (Fsp3) is 0.0769. The van der Waals surface area contributed by atoms with Gasteiger partial charge in [0.05, 0.1) is 11.7 Å². The second kappa shape index (κ2) is 6.50. The first kappa shape index (κ1) is 16.4. The highest BCUT2D eigenvalue weighted by atomic mass is 16.5. The molecule has 0 saturated carbocycles. The lowest BCUT2D eigenvalue weighted by atomic mass is 9.99. The lowest BCUT2D eigenvalue weighted by Gasteiger charge is -2.38. The van der Waals surface area contributed by atoms with Gasteiger partial charge in [-0.15, -0.1) is 0 Å². The number of para-hydroxylation sites is 1. The van der Waals surface area contributed by atoms with E-state index in [2.05, 4.69) is 101 Å². The van der Waals surface area contributed by atoms with Gasteiger partial charge in [0.2, 0.25) is 0 Å². The number of hydrazine groups is 1. The van der Waals surface area contributed by atoms with Crippen molar-refractivity contribution in [2.75, 3.05) is 0 Å². The molecular weight excluding hydrogens is 356 g/mol. The third-order valence-electron chi connectivity index (χ3n) is 5.77. The number of nitrogens with zero attached hydrogens (tertiary/aromatic N) is 1. The van der Waals surface area contributed by atoms with Crippen LogP contribution < -0.4 is 10.2 Å². The minimum Gasteiger partial charge on any atom is -0.469 e. The quantitative estimate of drug-likeness (QED) is 0.476. The molecule has 0 fully saturated rings. The monoisotopic (exact) mass is 376 g/mol. The van der Waals surface area contributed by atoms with E-state index < -0.39 is 0 Å². The van der Waals surface area contributed by atoms with E-state index in [9.17, 15) is 0 Å². The summed E-state index contributed by atoms with van der Waals surface area (Å²) in [6.45, 7) is 0. The van der Waals surface area contributed by atoms with Crippen LogP contribution in [0.3, 0.4) is 0 Å². The van der Waals surface area contributed by atoms with E-state index in [-0.39, 0.29) is 12.3 Å². The van der Waals surface area contributed by atoms with Gasteiger partial charge in [-0.2, -0.15) is 5.01 Å². The van der Waals surface area contributed by atoms with Gasteiger partial charge in [-0.3, -0.25) is 0 Å². The van der Waals surface area contributed by atoms with E-state index in [1.807, 2.05) is 12.1 Å². The first-order chi connectivity index (χ1) is 14.4. The Kier molecular flexibility index (Phi) is 3.68. The Morgan fingerprint density at radius 1 is 0.724 bits per heavy atom. The summed E-state index contributed by atoms with van der Waals surface area (Å²) in [7, 11) is 0. The van der Waals surface area contributed by atoms with Crippen molar-refractivity contribution < 1.29 is 4.74 Å². The van der Waals surface area contributed by atoms with Crippen LogP contribution >= 0.6 is 0 Å². The minimum absolute atomic E-state index is 0.110. The molecule has 0 spiro atoms. The van der Waals surface area contributed by atoms with Gasteiger partial charge in [-0.05, 0) is 22.9 Å². The molecule has 6 rings (SSSR count). The van der Waals surface area contributed by atoms with Crippen molar-refractivity contribution in [3.63, 3.8) is 0 Å². The number of fused-ring (bicyclic) bond motifs is 4. The van der Waals surface area contributed by atoms with Gasteiger partial charge in [0.1, 0.15) is 5.75 Å². The highest BCUT2D eigenvalue weighted by Crippen LogP contribution is 2.46. The first-order valence-corrected chi connectivity index (χ1v) is 9.94. The molecule has 3 nitrogen and oxygen atoms in total. The number of nitrogens with one attached hydrogen (secondary N) is 1. The fourth-order valence-electron chi connectivity index (χ4n) is 4.39. The standard InChI is InChI=1S/C26H20N2O/c1-2-10-19(11-3-1)26-28-24(22-14-6-7-16-25(22)29-26)17-23(27-28)21-15-8-12-18-9-4-5-13-20(18)21/h1-17,24,26-27H/t24-,26+/m1/s1. The molecular formula is C26H20N2O. The predicted molar refractivity (Wildman–Crippen MR) is 116 cm³/mol. The van der Waals surface area contributed by atoms with E-state index in [0.717, 1.165) is 17.0 Å². The van der Waals surface area contributed by atoms with Crippen molar-refractivity contribution >= 4 is 16.5 Å². The van der Waals surface area contributed by atoms with Crippen molar-refractivity contribution in [2.24, 2.45) is 0 Å². The van der Waals surface area contributed by atoms with Crippen LogP contribution in [-0.4, -0.2) is 5.01 Å². The molecule has 2 heterocycles. The Hall–Kier alpha value is -3.56. The Balaban J connectivity index is 1.49. The van der Waals surface area contributed by atoms with Crippen molar-refractivity contribution in [3.05, 3.63) is 120 Å². The van der Waals surface area contributed by atoms with Crippen LogP contribution in [-0.2, 0) is 0 Å². The minimum atomic E-state index is -0.195. The maximum atomic E-state index is 6.43. The molecule has 2 aliphatic heterocycles. The number of hydrogen-bond donors (Lipinski definition) is 1. The van der Waals surface area contributed by atoms with Gasteiger partial charge in [-0.25, -0.2) is 0 Å². The molecule has 0 saturated heterocycles. The van der Waals surface area contributed by atoms with Crippen molar-refractivity contribution in [1.29, 1.82) is 0 Å². The van der Waals surface area contributed by atoms with Crippen LogP contribution in [0.2, 0.25) is 0 Å². The second-order valence-corrected chi connectivity index (χ2v) is 7.49. The van der Waals surface area contributed by atoms with E-state index in [1.54, 1.807) is 0 Å². The van der Waals surface area contributed by atoms with Crippen LogP contribution in [0, 0.1) is 0 Å². The smallest absolute Gasteiger partial charge is 0.195 e. The molecule has 1 N–H and O–H groups in total. The van der Waals surface area contributed by atoms with E-state index >= 15 is 0 Å². The van der Waals surface area contributed by atoms with Crippen LogP contribution in [0.1, 0.15) is 29.0 Å². The number of rotatable bonds is 2. The number of ether oxygens (including phenoxy) is 1. The Bertz CT molecular complexity index is 1230. The molecule has 3 heteroatoms. The summed E-state index contributed by atoms with van der Waals surface area (Å²) in [6, 6.07) is 33.8. The summed E-state index contributed by atoms with van der Waals surface area (Å²) >= 11 is 0. The normalized spacial score (nSPS) is 20.3. The van der Waals surface area contributed by atoms with Gasteiger partial charge in [0.25, 0.3) is 0 Å². The molecule has 0 radical (unpaired) electrons. The molecule has 2 aliphatic rings. The lowest BCUT2D eigenvalue weighted by molar-refractivity contribution is -0.0326. The Labute approximate surface area is 169 Å². The molecule has 4 aromatic rings. The molecule has 0 amide bonds. The SMILES string of the molecule is C1=C(c2cccc3ccccc23)NN2[C@H]1c1ccccc1O[C@H]2c1ccccc1. The first-order valence-electron chi connectivity index (χ1n) is 9.94. The summed E-state index contributed by atoms with van der Waals surface area (Å²) in [6.07, 6.45) is 2.12. The third-order valence-corrected chi connectivity index (χ3v) is 5.77. The molecule has 0 aliphatic carbocycles. The number of hydrogen-bond acceptors (Lipinski definition) is 3. The molecule has 0 unspecified atom stereocenters. The Morgan fingerprint density at radius 3 is 2.41 bits per heavy atom. The van der Waals surface area contributed by atoms with Gasteiger partial charge in [-0.1, -0.05) is 91.0 Å². The summed E-state index contributed by atoms with van der Waals surface area (Å²) in [5.74, 6) is 0.944. The van der Waals surface area contributed by atoms with Crippen LogP contribution in [0.4, 0.5) is 0 Å². The van der Waals surface area contributed by atoms with Crippen LogP contribution in [0.15, 0.2) is 103 Å². The molecule has 29 heavy (non-hydrogen) atoms.